The summed E-state index contributed by atoms with van der Waals surface area (Å²) >= 11 is 6.49. The fraction of sp³-hybridized carbons (Fsp3) is 0.125. The van der Waals surface area contributed by atoms with Gasteiger partial charge in [-0.3, -0.25) is 4.40 Å². The molecule has 0 bridgehead atoms. The predicted molar refractivity (Wildman–Crippen MR) is 124 cm³/mol. The van der Waals surface area contributed by atoms with E-state index in [1.54, 1.807) is 13.3 Å². The lowest BCUT2D eigenvalue weighted by Gasteiger charge is -2.05. The van der Waals surface area contributed by atoms with Crippen molar-refractivity contribution in [3.05, 3.63) is 95.7 Å². The van der Waals surface area contributed by atoms with E-state index in [0.717, 1.165) is 34.0 Å². The molecule has 0 atom stereocenters. The Balaban J connectivity index is 1.42. The maximum absolute atomic E-state index is 6.49. The van der Waals surface area contributed by atoms with Crippen molar-refractivity contribution in [2.75, 3.05) is 7.11 Å². The van der Waals surface area contributed by atoms with Crippen molar-refractivity contribution in [2.24, 2.45) is 0 Å². The van der Waals surface area contributed by atoms with Gasteiger partial charge in [-0.25, -0.2) is 14.6 Å². The van der Waals surface area contributed by atoms with Crippen molar-refractivity contribution in [1.29, 1.82) is 0 Å². The number of ether oxygens (including phenoxy) is 1. The Morgan fingerprint density at radius 2 is 1.84 bits per heavy atom. The lowest BCUT2D eigenvalue weighted by atomic mass is 10.1. The smallest absolute Gasteiger partial charge is 0.233 e. The van der Waals surface area contributed by atoms with Gasteiger partial charge in [-0.2, -0.15) is 5.10 Å². The molecule has 0 saturated carbocycles. The molecular formula is C24H21ClN6O. The monoisotopic (exact) mass is 444 g/mol. The SMILES string of the molecule is COc1ccc(-n2cc(CNCc3cn4cccnc4n3)c(-c3ccccc3Cl)n2)cc1. The molecule has 3 aromatic heterocycles. The van der Waals surface area contributed by atoms with Crippen LogP contribution in [0.4, 0.5) is 0 Å². The minimum atomic E-state index is 0.609. The van der Waals surface area contributed by atoms with E-state index in [9.17, 15) is 0 Å². The summed E-state index contributed by atoms with van der Waals surface area (Å²) in [5.41, 5.74) is 4.64. The summed E-state index contributed by atoms with van der Waals surface area (Å²) in [6.07, 6.45) is 7.68. The van der Waals surface area contributed by atoms with Crippen molar-refractivity contribution in [1.82, 2.24) is 29.5 Å². The van der Waals surface area contributed by atoms with Gasteiger partial charge in [-0.05, 0) is 36.4 Å². The van der Waals surface area contributed by atoms with Gasteiger partial charge in [0, 0.05) is 49.0 Å². The molecule has 0 spiro atoms. The number of methoxy groups -OCH3 is 1. The van der Waals surface area contributed by atoms with Crippen LogP contribution in [0.25, 0.3) is 22.7 Å². The van der Waals surface area contributed by atoms with Crippen LogP contribution in [0.15, 0.2) is 79.4 Å². The molecule has 0 aliphatic rings. The van der Waals surface area contributed by atoms with E-state index in [2.05, 4.69) is 15.3 Å². The average Bonchev–Trinajstić information content (AvgIpc) is 3.43. The first kappa shape index (κ1) is 20.2. The summed E-state index contributed by atoms with van der Waals surface area (Å²) in [5.74, 6) is 1.49. The number of aromatic nitrogens is 5. The molecule has 0 amide bonds. The Morgan fingerprint density at radius 3 is 2.62 bits per heavy atom. The van der Waals surface area contributed by atoms with Gasteiger partial charge in [0.2, 0.25) is 5.78 Å². The molecule has 0 radical (unpaired) electrons. The maximum Gasteiger partial charge on any atom is 0.233 e. The third-order valence-corrected chi connectivity index (χ3v) is 5.49. The molecule has 0 saturated heterocycles. The van der Waals surface area contributed by atoms with Crippen molar-refractivity contribution < 1.29 is 4.74 Å². The molecule has 0 aliphatic heterocycles. The first-order chi connectivity index (χ1) is 15.7. The Labute approximate surface area is 190 Å². The summed E-state index contributed by atoms with van der Waals surface area (Å²) in [6, 6.07) is 17.4. The Morgan fingerprint density at radius 1 is 1.00 bits per heavy atom. The predicted octanol–water partition coefficient (Wildman–Crippen LogP) is 4.53. The molecule has 0 aliphatic carbocycles. The number of hydrogen-bond acceptors (Lipinski definition) is 5. The zero-order valence-corrected chi connectivity index (χ0v) is 18.2. The standard InChI is InChI=1S/C24H21ClN6O/c1-32-20-9-7-19(8-10-20)31-15-17(23(29-31)21-5-2-3-6-22(21)25)13-26-14-18-16-30-12-4-11-27-24(30)28-18/h2-12,15-16,26H,13-14H2,1H3. The number of benzene rings is 2. The summed E-state index contributed by atoms with van der Waals surface area (Å²) in [4.78, 5) is 8.81. The van der Waals surface area contributed by atoms with E-state index in [4.69, 9.17) is 21.4 Å². The number of fused-ring (bicyclic) bond motifs is 1. The van der Waals surface area contributed by atoms with Crippen molar-refractivity contribution in [3.63, 3.8) is 0 Å². The molecule has 7 nitrogen and oxygen atoms in total. The molecule has 8 heteroatoms. The number of rotatable bonds is 7. The first-order valence-corrected chi connectivity index (χ1v) is 10.6. The van der Waals surface area contributed by atoms with Crippen LogP contribution in [0.5, 0.6) is 5.75 Å². The number of hydrogen-bond donors (Lipinski definition) is 1. The molecule has 1 N–H and O–H groups in total. The summed E-state index contributed by atoms with van der Waals surface area (Å²) in [5, 5.41) is 8.99. The quantitative estimate of drug-likeness (QED) is 0.399. The molecule has 0 unspecified atom stereocenters. The first-order valence-electron chi connectivity index (χ1n) is 10.2. The van der Waals surface area contributed by atoms with Crippen molar-refractivity contribution in [2.45, 2.75) is 13.1 Å². The zero-order valence-electron chi connectivity index (χ0n) is 17.4. The van der Waals surface area contributed by atoms with Crippen molar-refractivity contribution in [3.8, 4) is 22.7 Å². The summed E-state index contributed by atoms with van der Waals surface area (Å²) < 4.78 is 9.04. The van der Waals surface area contributed by atoms with Crippen LogP contribution in [0.3, 0.4) is 0 Å². The number of nitrogens with zero attached hydrogens (tertiary/aromatic N) is 5. The van der Waals surface area contributed by atoms with Crippen LogP contribution in [-0.4, -0.2) is 31.3 Å². The Kier molecular flexibility index (Phi) is 5.58. The van der Waals surface area contributed by atoms with E-state index < -0.39 is 0 Å². The Hall–Kier alpha value is -3.68. The topological polar surface area (TPSA) is 69.3 Å². The van der Waals surface area contributed by atoms with Crippen LogP contribution in [0.1, 0.15) is 11.3 Å². The highest BCUT2D eigenvalue weighted by molar-refractivity contribution is 6.33. The van der Waals surface area contributed by atoms with E-state index in [1.165, 1.54) is 0 Å². The van der Waals surface area contributed by atoms with Crippen molar-refractivity contribution >= 4 is 17.4 Å². The largest absolute Gasteiger partial charge is 0.497 e. The highest BCUT2D eigenvalue weighted by Crippen LogP contribution is 2.30. The van der Waals surface area contributed by atoms with Gasteiger partial charge in [0.15, 0.2) is 0 Å². The minimum Gasteiger partial charge on any atom is -0.497 e. The van der Waals surface area contributed by atoms with E-state index in [-0.39, 0.29) is 0 Å². The average molecular weight is 445 g/mol. The van der Waals surface area contributed by atoms with E-state index >= 15 is 0 Å². The van der Waals surface area contributed by atoms with Crippen LogP contribution >= 0.6 is 11.6 Å². The highest BCUT2D eigenvalue weighted by Gasteiger charge is 2.15. The molecule has 0 fully saturated rings. The normalized spacial score (nSPS) is 11.2. The van der Waals surface area contributed by atoms with Gasteiger partial charge in [0.05, 0.1) is 29.2 Å². The van der Waals surface area contributed by atoms with Crippen LogP contribution in [0.2, 0.25) is 5.02 Å². The van der Waals surface area contributed by atoms with Crippen LogP contribution in [-0.2, 0) is 13.1 Å². The second-order valence-electron chi connectivity index (χ2n) is 7.29. The Bertz CT molecular complexity index is 1330. The highest BCUT2D eigenvalue weighted by atomic mass is 35.5. The molecule has 2 aromatic carbocycles. The fourth-order valence-electron chi connectivity index (χ4n) is 3.58. The number of imidazole rings is 1. The fourth-order valence-corrected chi connectivity index (χ4v) is 3.80. The zero-order chi connectivity index (χ0) is 21.9. The third kappa shape index (κ3) is 4.08. The summed E-state index contributed by atoms with van der Waals surface area (Å²) in [6.45, 7) is 1.22. The van der Waals surface area contributed by atoms with E-state index in [0.29, 0.717) is 23.9 Å². The van der Waals surface area contributed by atoms with Gasteiger partial charge in [0.25, 0.3) is 0 Å². The lowest BCUT2D eigenvalue weighted by molar-refractivity contribution is 0.414. The molecular weight excluding hydrogens is 424 g/mol. The van der Waals surface area contributed by atoms with Crippen LogP contribution < -0.4 is 10.1 Å². The molecule has 160 valence electrons. The van der Waals surface area contributed by atoms with Gasteiger partial charge in [0.1, 0.15) is 5.75 Å². The summed E-state index contributed by atoms with van der Waals surface area (Å²) in [7, 11) is 1.65. The number of nitrogens with one attached hydrogen (secondary N) is 1. The van der Waals surface area contributed by atoms with Crippen LogP contribution in [0, 0.1) is 0 Å². The number of halogens is 1. The minimum absolute atomic E-state index is 0.609. The molecule has 5 rings (SSSR count). The van der Waals surface area contributed by atoms with E-state index in [1.807, 2.05) is 82.3 Å². The second-order valence-corrected chi connectivity index (χ2v) is 7.70. The third-order valence-electron chi connectivity index (χ3n) is 5.16. The molecule has 5 aromatic rings. The lowest BCUT2D eigenvalue weighted by Crippen LogP contribution is -2.13. The maximum atomic E-state index is 6.49. The molecule has 3 heterocycles. The second kappa shape index (κ2) is 8.82. The van der Waals surface area contributed by atoms with Gasteiger partial charge in [-0.15, -0.1) is 0 Å². The van der Waals surface area contributed by atoms with Gasteiger partial charge in [-0.1, -0.05) is 29.8 Å². The van der Waals surface area contributed by atoms with Gasteiger partial charge < -0.3 is 10.1 Å². The van der Waals surface area contributed by atoms with Gasteiger partial charge >= 0.3 is 0 Å². The molecule has 32 heavy (non-hydrogen) atoms.